The van der Waals surface area contributed by atoms with E-state index in [1.165, 1.54) is 36.6 Å². The van der Waals surface area contributed by atoms with Crippen LogP contribution in [0.15, 0.2) is 30.5 Å². The van der Waals surface area contributed by atoms with Gasteiger partial charge in [0.25, 0.3) is 0 Å². The fourth-order valence-corrected chi connectivity index (χ4v) is 3.08. The molecule has 1 aromatic heterocycles. The number of carbonyl (C=O) groups is 1. The molecule has 0 radical (unpaired) electrons. The lowest BCUT2D eigenvalue weighted by molar-refractivity contribution is -0.107. The fourth-order valence-electron chi connectivity index (χ4n) is 3.08. The fraction of sp³-hybridized carbons (Fsp3) is 0.438. The maximum atomic E-state index is 10.6. The summed E-state index contributed by atoms with van der Waals surface area (Å²) in [6, 6.07) is 8.52. The maximum Gasteiger partial charge on any atom is 0.124 e. The number of carbonyl (C=O) groups excluding carboxylic acids is 1. The van der Waals surface area contributed by atoms with Gasteiger partial charge in [-0.1, -0.05) is 25.0 Å². The minimum atomic E-state index is 0.518. The van der Waals surface area contributed by atoms with Gasteiger partial charge in [-0.2, -0.15) is 0 Å². The van der Waals surface area contributed by atoms with Crippen LogP contribution in [0, 0.1) is 5.92 Å². The van der Waals surface area contributed by atoms with Crippen LogP contribution in [0.3, 0.4) is 0 Å². The molecule has 0 spiro atoms. The molecule has 3 rings (SSSR count). The summed E-state index contributed by atoms with van der Waals surface area (Å²) in [6.45, 7) is 1.13. The van der Waals surface area contributed by atoms with Crippen LogP contribution in [-0.2, 0) is 17.8 Å². The first-order valence-electron chi connectivity index (χ1n) is 6.88. The first-order chi connectivity index (χ1) is 8.86. The highest BCUT2D eigenvalue weighted by Gasteiger charge is 2.16. The molecule has 0 bridgehead atoms. The van der Waals surface area contributed by atoms with Crippen molar-refractivity contribution in [1.29, 1.82) is 0 Å². The minimum Gasteiger partial charge on any atom is -0.347 e. The van der Waals surface area contributed by atoms with Crippen LogP contribution in [0.1, 0.15) is 31.2 Å². The van der Waals surface area contributed by atoms with Crippen LogP contribution in [0.2, 0.25) is 0 Å². The van der Waals surface area contributed by atoms with E-state index in [1.54, 1.807) is 0 Å². The van der Waals surface area contributed by atoms with Crippen LogP contribution < -0.4 is 0 Å². The number of fused-ring (bicyclic) bond motifs is 1. The zero-order valence-electron chi connectivity index (χ0n) is 10.6. The van der Waals surface area contributed by atoms with Crippen LogP contribution in [0.25, 0.3) is 10.9 Å². The third-order valence-corrected chi connectivity index (χ3v) is 4.09. The Labute approximate surface area is 108 Å². The molecule has 94 valence electrons. The van der Waals surface area contributed by atoms with E-state index in [0.29, 0.717) is 6.42 Å². The lowest BCUT2D eigenvalue weighted by atomic mass is 10.1. The quantitative estimate of drug-likeness (QED) is 0.750. The van der Waals surface area contributed by atoms with Crippen LogP contribution in [-0.4, -0.2) is 10.9 Å². The largest absolute Gasteiger partial charge is 0.347 e. The molecule has 1 aliphatic carbocycles. The molecular formula is C16H19NO. The standard InChI is InChI=1S/C16H19NO/c18-10-8-13-5-6-15-7-9-17(16(15)11-13)12-14-3-1-2-4-14/h5-7,9-11,14H,1-4,8,12H2. The van der Waals surface area contributed by atoms with Gasteiger partial charge in [-0.15, -0.1) is 0 Å². The zero-order valence-corrected chi connectivity index (χ0v) is 10.6. The molecule has 0 unspecified atom stereocenters. The van der Waals surface area contributed by atoms with E-state index in [4.69, 9.17) is 0 Å². The zero-order chi connectivity index (χ0) is 12.4. The molecule has 0 atom stereocenters. The monoisotopic (exact) mass is 241 g/mol. The highest BCUT2D eigenvalue weighted by molar-refractivity contribution is 5.81. The Morgan fingerprint density at radius 3 is 2.83 bits per heavy atom. The molecule has 0 amide bonds. The summed E-state index contributed by atoms with van der Waals surface area (Å²) in [6.07, 6.45) is 9.20. The molecule has 1 heterocycles. The van der Waals surface area contributed by atoms with E-state index in [-0.39, 0.29) is 0 Å². The first-order valence-corrected chi connectivity index (χ1v) is 6.88. The Bertz CT molecular complexity index is 549. The van der Waals surface area contributed by atoms with E-state index in [0.717, 1.165) is 24.3 Å². The van der Waals surface area contributed by atoms with Crippen molar-refractivity contribution in [2.45, 2.75) is 38.6 Å². The highest BCUT2D eigenvalue weighted by atomic mass is 16.1. The molecule has 1 aliphatic rings. The Balaban J connectivity index is 1.90. The second kappa shape index (κ2) is 4.97. The lowest BCUT2D eigenvalue weighted by Gasteiger charge is -2.12. The van der Waals surface area contributed by atoms with Crippen molar-refractivity contribution in [3.8, 4) is 0 Å². The average molecular weight is 241 g/mol. The predicted molar refractivity (Wildman–Crippen MR) is 73.7 cm³/mol. The van der Waals surface area contributed by atoms with E-state index >= 15 is 0 Å². The van der Waals surface area contributed by atoms with Crippen LogP contribution in [0.4, 0.5) is 0 Å². The van der Waals surface area contributed by atoms with E-state index in [2.05, 4.69) is 35.0 Å². The predicted octanol–water partition coefficient (Wildman–Crippen LogP) is 3.57. The summed E-state index contributed by atoms with van der Waals surface area (Å²) in [5, 5.41) is 1.28. The molecule has 18 heavy (non-hydrogen) atoms. The molecule has 1 saturated carbocycles. The topological polar surface area (TPSA) is 22.0 Å². The van der Waals surface area contributed by atoms with Crippen molar-refractivity contribution in [3.63, 3.8) is 0 Å². The summed E-state index contributed by atoms with van der Waals surface area (Å²) in [4.78, 5) is 10.6. The number of rotatable bonds is 4. The second-order valence-electron chi connectivity index (χ2n) is 5.38. The maximum absolute atomic E-state index is 10.6. The Morgan fingerprint density at radius 1 is 1.22 bits per heavy atom. The van der Waals surface area contributed by atoms with Gasteiger partial charge in [0.05, 0.1) is 0 Å². The second-order valence-corrected chi connectivity index (χ2v) is 5.38. The number of hydrogen-bond donors (Lipinski definition) is 0. The number of aromatic nitrogens is 1. The summed E-state index contributed by atoms with van der Waals surface area (Å²) in [7, 11) is 0. The third-order valence-electron chi connectivity index (χ3n) is 4.09. The van der Waals surface area contributed by atoms with Crippen molar-refractivity contribution in [1.82, 2.24) is 4.57 Å². The minimum absolute atomic E-state index is 0.518. The Hall–Kier alpha value is -1.57. The van der Waals surface area contributed by atoms with Gasteiger partial charge in [0.2, 0.25) is 0 Å². The first kappa shape index (κ1) is 11.5. The molecule has 0 N–H and O–H groups in total. The molecule has 1 aromatic carbocycles. The van der Waals surface area contributed by atoms with Crippen LogP contribution >= 0.6 is 0 Å². The molecule has 1 fully saturated rings. The molecular weight excluding hydrogens is 222 g/mol. The van der Waals surface area contributed by atoms with Gasteiger partial charge in [0, 0.05) is 24.7 Å². The smallest absolute Gasteiger partial charge is 0.124 e. The van der Waals surface area contributed by atoms with Gasteiger partial charge < -0.3 is 9.36 Å². The summed E-state index contributed by atoms with van der Waals surface area (Å²) in [5.74, 6) is 0.843. The lowest BCUT2D eigenvalue weighted by Crippen LogP contribution is -2.06. The van der Waals surface area contributed by atoms with Crippen molar-refractivity contribution in [2.75, 3.05) is 0 Å². The highest BCUT2D eigenvalue weighted by Crippen LogP contribution is 2.28. The van der Waals surface area contributed by atoms with Gasteiger partial charge in [0.1, 0.15) is 6.29 Å². The molecule has 2 heteroatoms. The summed E-state index contributed by atoms with van der Waals surface area (Å²) < 4.78 is 2.36. The number of hydrogen-bond acceptors (Lipinski definition) is 1. The SMILES string of the molecule is O=CCc1ccc2ccn(CC3CCCC3)c2c1. The van der Waals surface area contributed by atoms with Gasteiger partial charge in [-0.05, 0) is 41.8 Å². The van der Waals surface area contributed by atoms with Crippen molar-refractivity contribution in [3.05, 3.63) is 36.0 Å². The summed E-state index contributed by atoms with van der Waals surface area (Å²) >= 11 is 0. The Morgan fingerprint density at radius 2 is 2.06 bits per heavy atom. The van der Waals surface area contributed by atoms with Crippen LogP contribution in [0.5, 0.6) is 0 Å². The number of aldehydes is 1. The van der Waals surface area contributed by atoms with Crippen molar-refractivity contribution in [2.24, 2.45) is 5.92 Å². The van der Waals surface area contributed by atoms with Crippen molar-refractivity contribution >= 4 is 17.2 Å². The molecule has 0 aliphatic heterocycles. The van der Waals surface area contributed by atoms with E-state index in [9.17, 15) is 4.79 Å². The van der Waals surface area contributed by atoms with Gasteiger partial charge in [0.15, 0.2) is 0 Å². The average Bonchev–Trinajstić information content (AvgIpc) is 3.01. The normalized spacial score (nSPS) is 16.4. The molecule has 2 aromatic rings. The van der Waals surface area contributed by atoms with Crippen molar-refractivity contribution < 1.29 is 4.79 Å². The molecule has 0 saturated heterocycles. The number of benzene rings is 1. The summed E-state index contributed by atoms with van der Waals surface area (Å²) in [5.41, 5.74) is 2.39. The van der Waals surface area contributed by atoms with Gasteiger partial charge >= 0.3 is 0 Å². The number of nitrogens with zero attached hydrogens (tertiary/aromatic N) is 1. The molecule has 2 nitrogen and oxygen atoms in total. The Kier molecular flexibility index (Phi) is 3.18. The van der Waals surface area contributed by atoms with E-state index < -0.39 is 0 Å². The van der Waals surface area contributed by atoms with Gasteiger partial charge in [-0.25, -0.2) is 0 Å². The van der Waals surface area contributed by atoms with Gasteiger partial charge in [-0.3, -0.25) is 0 Å². The third kappa shape index (κ3) is 2.20. The van der Waals surface area contributed by atoms with E-state index in [1.807, 2.05) is 0 Å².